The summed E-state index contributed by atoms with van der Waals surface area (Å²) in [6.45, 7) is 2.23. The molecule has 0 aromatic carbocycles. The molecule has 0 saturated heterocycles. The van der Waals surface area contributed by atoms with Crippen LogP contribution < -0.4 is 0 Å². The molecule has 5 atom stereocenters. The normalized spacial score (nSPS) is 47.5. The van der Waals surface area contributed by atoms with Crippen LogP contribution in [0.2, 0.25) is 0 Å². The van der Waals surface area contributed by atoms with Crippen LogP contribution in [0.5, 0.6) is 0 Å². The topological polar surface area (TPSA) is 37.3 Å². The largest absolute Gasteiger partial charge is 0.377 e. The Bertz CT molecular complexity index is 595. The minimum absolute atomic E-state index is 0.106. The third kappa shape index (κ3) is 1.75. The molecule has 2 heteroatoms. The molecular formula is C20H26O2. The number of rotatable bonds is 0. The summed E-state index contributed by atoms with van der Waals surface area (Å²) in [6, 6.07) is 0. The zero-order valence-corrected chi connectivity index (χ0v) is 13.5. The summed E-state index contributed by atoms with van der Waals surface area (Å²) in [4.78, 5) is 11.7. The predicted molar refractivity (Wildman–Crippen MR) is 85.9 cm³/mol. The van der Waals surface area contributed by atoms with Crippen molar-refractivity contribution in [2.45, 2.75) is 70.3 Å². The maximum atomic E-state index is 11.7. The Labute approximate surface area is 133 Å². The van der Waals surface area contributed by atoms with Crippen LogP contribution in [0.25, 0.3) is 0 Å². The minimum Gasteiger partial charge on any atom is -0.377 e. The van der Waals surface area contributed by atoms with Crippen LogP contribution >= 0.6 is 0 Å². The van der Waals surface area contributed by atoms with Gasteiger partial charge >= 0.3 is 0 Å². The molecule has 0 bridgehead atoms. The van der Waals surface area contributed by atoms with Crippen molar-refractivity contribution in [3.05, 3.63) is 11.1 Å². The molecule has 2 nitrogen and oxygen atoms in total. The van der Waals surface area contributed by atoms with Crippen molar-refractivity contribution >= 4 is 5.78 Å². The van der Waals surface area contributed by atoms with E-state index in [1.165, 1.54) is 12.0 Å². The van der Waals surface area contributed by atoms with Crippen molar-refractivity contribution < 1.29 is 9.90 Å². The number of ketones is 1. The second kappa shape index (κ2) is 4.71. The van der Waals surface area contributed by atoms with Gasteiger partial charge in [0.2, 0.25) is 0 Å². The predicted octanol–water partition coefficient (Wildman–Crippen LogP) is 3.64. The van der Waals surface area contributed by atoms with Crippen molar-refractivity contribution in [2.75, 3.05) is 0 Å². The van der Waals surface area contributed by atoms with Crippen molar-refractivity contribution in [3.8, 4) is 12.3 Å². The number of hydrogen-bond donors (Lipinski definition) is 1. The lowest BCUT2D eigenvalue weighted by Gasteiger charge is -2.53. The molecule has 0 spiro atoms. The average molecular weight is 299 g/mol. The number of Topliss-reactive ketones (excluding diaryl/α,β-unsaturated/α-hetero) is 1. The van der Waals surface area contributed by atoms with E-state index < -0.39 is 5.60 Å². The number of carbonyl (C=O) groups is 1. The van der Waals surface area contributed by atoms with E-state index in [1.807, 2.05) is 0 Å². The van der Waals surface area contributed by atoms with E-state index in [0.29, 0.717) is 23.5 Å². The zero-order chi connectivity index (χ0) is 15.5. The molecular weight excluding hydrogens is 273 g/mol. The third-order valence-electron chi connectivity index (χ3n) is 7.59. The molecule has 2 saturated carbocycles. The fourth-order valence-electron chi connectivity index (χ4n) is 6.30. The second-order valence-corrected chi connectivity index (χ2v) is 8.26. The van der Waals surface area contributed by atoms with Crippen molar-refractivity contribution in [3.63, 3.8) is 0 Å². The Balaban J connectivity index is 1.67. The monoisotopic (exact) mass is 299 g/mol. The van der Waals surface area contributed by atoms with E-state index in [1.54, 1.807) is 5.57 Å². The van der Waals surface area contributed by atoms with Gasteiger partial charge in [0.1, 0.15) is 11.4 Å². The summed E-state index contributed by atoms with van der Waals surface area (Å²) in [5, 5.41) is 10.9. The molecule has 2 fully saturated rings. The summed E-state index contributed by atoms with van der Waals surface area (Å²) in [6.07, 6.45) is 14.5. The Morgan fingerprint density at radius 3 is 2.77 bits per heavy atom. The van der Waals surface area contributed by atoms with Gasteiger partial charge in [-0.3, -0.25) is 4.79 Å². The first kappa shape index (κ1) is 14.5. The fraction of sp³-hybridized carbons (Fsp3) is 0.750. The standard InChI is InChI=1S/C20H26O2/c1-3-20(22)11-9-18-17-6-4-13-12-14(21)5-7-15(13)16(17)8-10-19(18,20)2/h1,16-18,22H,4-12H2,2H3/t16-,17-,18+,19+,20-/m1/s1/i22+1. The summed E-state index contributed by atoms with van der Waals surface area (Å²) >= 11 is 0. The van der Waals surface area contributed by atoms with Gasteiger partial charge in [0.05, 0.1) is 0 Å². The number of allylic oxidation sites excluding steroid dienone is 2. The Morgan fingerprint density at radius 2 is 2.00 bits per heavy atom. The summed E-state index contributed by atoms with van der Waals surface area (Å²) < 4.78 is 0. The molecule has 4 aliphatic carbocycles. The van der Waals surface area contributed by atoms with E-state index in [0.717, 1.165) is 51.4 Å². The maximum Gasteiger partial charge on any atom is 0.137 e. The van der Waals surface area contributed by atoms with Gasteiger partial charge in [-0.05, 0) is 62.7 Å². The first-order chi connectivity index (χ1) is 10.5. The lowest BCUT2D eigenvalue weighted by molar-refractivity contribution is -0.119. The summed E-state index contributed by atoms with van der Waals surface area (Å²) in [7, 11) is 0. The van der Waals surface area contributed by atoms with Gasteiger partial charge in [-0.2, -0.15) is 0 Å². The number of fused-ring (bicyclic) bond motifs is 4. The molecule has 0 heterocycles. The fourth-order valence-corrected chi connectivity index (χ4v) is 6.30. The van der Waals surface area contributed by atoms with Crippen molar-refractivity contribution in [1.29, 1.82) is 0 Å². The first-order valence-electron chi connectivity index (χ1n) is 8.91. The van der Waals surface area contributed by atoms with Gasteiger partial charge in [-0.1, -0.05) is 24.0 Å². The molecule has 22 heavy (non-hydrogen) atoms. The quantitative estimate of drug-likeness (QED) is 0.548. The molecule has 1 N–H and O–H groups in total. The molecule has 0 unspecified atom stereocenters. The van der Waals surface area contributed by atoms with Crippen LogP contribution in [-0.4, -0.2) is 16.5 Å². The Kier molecular flexibility index (Phi) is 3.11. The zero-order valence-electron chi connectivity index (χ0n) is 13.5. The number of carbonyl (C=O) groups excluding carboxylic acids is 1. The molecule has 0 radical (unpaired) electrons. The van der Waals surface area contributed by atoms with Gasteiger partial charge in [0.15, 0.2) is 0 Å². The molecule has 118 valence electrons. The van der Waals surface area contributed by atoms with Crippen molar-refractivity contribution in [2.24, 2.45) is 23.2 Å². The number of terminal acetylenes is 1. The van der Waals surface area contributed by atoms with Crippen LogP contribution in [0.4, 0.5) is 0 Å². The lowest BCUT2D eigenvalue weighted by Crippen LogP contribution is -2.50. The third-order valence-corrected chi connectivity index (χ3v) is 7.59. The summed E-state index contributed by atoms with van der Waals surface area (Å²) in [5.41, 5.74) is 2.08. The average Bonchev–Trinajstić information content (AvgIpc) is 2.79. The summed E-state index contributed by atoms with van der Waals surface area (Å²) in [5.74, 6) is 5.06. The highest BCUT2D eigenvalue weighted by atomic mass is 17.2. The van der Waals surface area contributed by atoms with E-state index >= 15 is 0 Å². The smallest absolute Gasteiger partial charge is 0.137 e. The van der Waals surface area contributed by atoms with Crippen LogP contribution in [0, 0.1) is 35.5 Å². The Hall–Kier alpha value is -1.07. The van der Waals surface area contributed by atoms with Crippen LogP contribution in [0.1, 0.15) is 64.7 Å². The molecule has 0 aromatic heterocycles. The van der Waals surface area contributed by atoms with E-state index in [-0.39, 0.29) is 5.41 Å². The maximum absolute atomic E-state index is 11.7. The van der Waals surface area contributed by atoms with Crippen molar-refractivity contribution in [1.82, 2.24) is 0 Å². The van der Waals surface area contributed by atoms with Gasteiger partial charge in [0.25, 0.3) is 0 Å². The lowest BCUT2D eigenvalue weighted by atomic mass is 9.52. The van der Waals surface area contributed by atoms with E-state index in [9.17, 15) is 9.90 Å². The molecule has 0 aliphatic heterocycles. The highest BCUT2D eigenvalue weighted by molar-refractivity contribution is 5.82. The molecule has 4 aliphatic rings. The van der Waals surface area contributed by atoms with E-state index in [2.05, 4.69) is 12.8 Å². The van der Waals surface area contributed by atoms with Crippen LogP contribution in [-0.2, 0) is 4.79 Å². The number of hydrogen-bond acceptors (Lipinski definition) is 2. The van der Waals surface area contributed by atoms with Crippen LogP contribution in [0.3, 0.4) is 0 Å². The van der Waals surface area contributed by atoms with Gasteiger partial charge in [0, 0.05) is 18.3 Å². The molecule has 0 amide bonds. The molecule has 0 aromatic rings. The van der Waals surface area contributed by atoms with Gasteiger partial charge in [-0.15, -0.1) is 6.42 Å². The first-order valence-corrected chi connectivity index (χ1v) is 8.91. The van der Waals surface area contributed by atoms with Gasteiger partial charge < -0.3 is 5.11 Å². The van der Waals surface area contributed by atoms with E-state index in [4.69, 9.17) is 6.42 Å². The van der Waals surface area contributed by atoms with Gasteiger partial charge in [-0.25, -0.2) is 0 Å². The highest BCUT2D eigenvalue weighted by Crippen LogP contribution is 2.64. The second-order valence-electron chi connectivity index (χ2n) is 8.26. The Morgan fingerprint density at radius 1 is 1.18 bits per heavy atom. The number of aliphatic hydroxyl groups is 1. The van der Waals surface area contributed by atoms with Crippen LogP contribution in [0.15, 0.2) is 11.1 Å². The minimum atomic E-state index is -0.903. The molecule has 4 rings (SSSR count). The highest BCUT2D eigenvalue weighted by Gasteiger charge is 2.61. The SMILES string of the molecule is C#C[C@@]1([17OH])CC[C@H]2[C@@H]3CCC4=C(CCC(=O)C4)[C@H]3CC[C@@]21C.